The van der Waals surface area contributed by atoms with E-state index in [1.54, 1.807) is 6.20 Å². The molecule has 3 rings (SSSR count). The average Bonchev–Trinajstić information content (AvgIpc) is 2.60. The largest absolute Gasteiger partial charge is 0.496 e. The maximum absolute atomic E-state index is 14.2. The molecule has 0 N–H and O–H groups in total. The molecule has 1 atom stereocenters. The van der Waals surface area contributed by atoms with Gasteiger partial charge in [-0.1, -0.05) is 12.5 Å². The Labute approximate surface area is 134 Å². The van der Waals surface area contributed by atoms with Gasteiger partial charge in [0, 0.05) is 18.3 Å². The molecular formula is C18H20F2N2O. The SMILES string of the molecule is COc1ccc(F)c(F)c1CN1CCCC[C@@H]1c1ccccn1. The Hall–Kier alpha value is -2.01. The van der Waals surface area contributed by atoms with Crippen molar-refractivity contribution in [1.82, 2.24) is 9.88 Å². The number of nitrogens with zero attached hydrogens (tertiary/aromatic N) is 2. The fourth-order valence-electron chi connectivity index (χ4n) is 3.20. The van der Waals surface area contributed by atoms with Crippen LogP contribution in [0.25, 0.3) is 0 Å². The lowest BCUT2D eigenvalue weighted by molar-refractivity contribution is 0.133. The van der Waals surface area contributed by atoms with Crippen molar-refractivity contribution in [3.05, 3.63) is 59.4 Å². The molecule has 1 saturated heterocycles. The van der Waals surface area contributed by atoms with E-state index in [9.17, 15) is 8.78 Å². The van der Waals surface area contributed by atoms with Crippen LogP contribution in [0.1, 0.15) is 36.6 Å². The molecule has 23 heavy (non-hydrogen) atoms. The Morgan fingerprint density at radius 3 is 2.83 bits per heavy atom. The highest BCUT2D eigenvalue weighted by Crippen LogP contribution is 2.33. The molecule has 1 aromatic carbocycles. The second kappa shape index (κ2) is 7.04. The number of benzene rings is 1. The third kappa shape index (κ3) is 3.34. The third-order valence-electron chi connectivity index (χ3n) is 4.38. The molecule has 5 heteroatoms. The Balaban J connectivity index is 1.90. The van der Waals surface area contributed by atoms with Gasteiger partial charge in [0.1, 0.15) is 5.75 Å². The fraction of sp³-hybridized carbons (Fsp3) is 0.389. The molecule has 0 aliphatic carbocycles. The lowest BCUT2D eigenvalue weighted by Gasteiger charge is -2.35. The summed E-state index contributed by atoms with van der Waals surface area (Å²) >= 11 is 0. The van der Waals surface area contributed by atoms with Gasteiger partial charge in [0.2, 0.25) is 0 Å². The van der Waals surface area contributed by atoms with Gasteiger partial charge in [-0.15, -0.1) is 0 Å². The van der Waals surface area contributed by atoms with Crippen LogP contribution >= 0.6 is 0 Å². The molecular weight excluding hydrogens is 298 g/mol. The Kier molecular flexibility index (Phi) is 4.86. The van der Waals surface area contributed by atoms with Gasteiger partial charge >= 0.3 is 0 Å². The van der Waals surface area contributed by atoms with Crippen LogP contribution in [0.4, 0.5) is 8.78 Å². The van der Waals surface area contributed by atoms with Crippen LogP contribution in [0.5, 0.6) is 5.75 Å². The second-order valence-electron chi connectivity index (χ2n) is 5.78. The highest BCUT2D eigenvalue weighted by atomic mass is 19.2. The molecule has 0 unspecified atom stereocenters. The molecule has 0 amide bonds. The molecule has 1 aliphatic rings. The Morgan fingerprint density at radius 1 is 1.22 bits per heavy atom. The minimum Gasteiger partial charge on any atom is -0.496 e. The van der Waals surface area contributed by atoms with E-state index in [4.69, 9.17) is 4.74 Å². The molecule has 0 radical (unpaired) electrons. The smallest absolute Gasteiger partial charge is 0.167 e. The second-order valence-corrected chi connectivity index (χ2v) is 5.78. The highest BCUT2D eigenvalue weighted by molar-refractivity contribution is 5.35. The van der Waals surface area contributed by atoms with Crippen LogP contribution in [0.3, 0.4) is 0 Å². The van der Waals surface area contributed by atoms with Gasteiger partial charge in [0.05, 0.1) is 18.8 Å². The lowest BCUT2D eigenvalue weighted by Crippen LogP contribution is -2.33. The van der Waals surface area contributed by atoms with E-state index in [2.05, 4.69) is 9.88 Å². The molecule has 1 aliphatic heterocycles. The van der Waals surface area contributed by atoms with E-state index < -0.39 is 11.6 Å². The van der Waals surface area contributed by atoms with Crippen molar-refractivity contribution >= 4 is 0 Å². The van der Waals surface area contributed by atoms with Crippen LogP contribution < -0.4 is 4.74 Å². The van der Waals surface area contributed by atoms with Gasteiger partial charge < -0.3 is 4.74 Å². The standard InChI is InChI=1S/C18H20F2N2O/c1-23-17-9-8-14(19)18(20)13(17)12-22-11-5-3-7-16(22)15-6-2-4-10-21-15/h2,4,6,8-10,16H,3,5,7,11-12H2,1H3/t16-/m1/s1. The molecule has 3 nitrogen and oxygen atoms in total. The first-order valence-electron chi connectivity index (χ1n) is 7.86. The predicted molar refractivity (Wildman–Crippen MR) is 84.1 cm³/mol. The molecule has 1 aromatic heterocycles. The first-order valence-corrected chi connectivity index (χ1v) is 7.86. The number of hydrogen-bond donors (Lipinski definition) is 0. The lowest BCUT2D eigenvalue weighted by atomic mass is 9.97. The van der Waals surface area contributed by atoms with Crippen molar-refractivity contribution in [3.63, 3.8) is 0 Å². The van der Waals surface area contributed by atoms with E-state index >= 15 is 0 Å². The van der Waals surface area contributed by atoms with Crippen molar-refractivity contribution < 1.29 is 13.5 Å². The number of likely N-dealkylation sites (tertiary alicyclic amines) is 1. The summed E-state index contributed by atoms with van der Waals surface area (Å²) in [6, 6.07) is 8.53. The molecule has 0 spiro atoms. The van der Waals surface area contributed by atoms with Crippen molar-refractivity contribution in [2.75, 3.05) is 13.7 Å². The van der Waals surface area contributed by atoms with Gasteiger partial charge in [0.15, 0.2) is 11.6 Å². The quantitative estimate of drug-likeness (QED) is 0.849. The minimum atomic E-state index is -0.841. The minimum absolute atomic E-state index is 0.123. The number of halogens is 2. The van der Waals surface area contributed by atoms with Gasteiger partial charge in [-0.25, -0.2) is 8.78 Å². The van der Waals surface area contributed by atoms with Gasteiger partial charge in [0.25, 0.3) is 0 Å². The number of aromatic nitrogens is 1. The Bertz CT molecular complexity index is 664. The van der Waals surface area contributed by atoms with Crippen LogP contribution in [0, 0.1) is 11.6 Å². The number of pyridine rings is 1. The van der Waals surface area contributed by atoms with Crippen LogP contribution in [0.15, 0.2) is 36.5 Å². The van der Waals surface area contributed by atoms with Crippen LogP contribution in [-0.2, 0) is 6.54 Å². The Morgan fingerprint density at radius 2 is 2.09 bits per heavy atom. The summed E-state index contributed by atoms with van der Waals surface area (Å²) in [6.07, 6.45) is 4.89. The molecule has 0 saturated carbocycles. The first-order chi connectivity index (χ1) is 11.2. The monoisotopic (exact) mass is 318 g/mol. The molecule has 2 aromatic rings. The summed E-state index contributed by atoms with van der Waals surface area (Å²) in [5.41, 5.74) is 1.25. The number of methoxy groups -OCH3 is 1. The summed E-state index contributed by atoms with van der Waals surface area (Å²) < 4.78 is 33.1. The zero-order valence-electron chi connectivity index (χ0n) is 13.1. The third-order valence-corrected chi connectivity index (χ3v) is 4.38. The maximum Gasteiger partial charge on any atom is 0.167 e. The van der Waals surface area contributed by atoms with Gasteiger partial charge in [-0.05, 0) is 43.7 Å². The molecule has 122 valence electrons. The van der Waals surface area contributed by atoms with E-state index in [-0.39, 0.29) is 11.6 Å². The zero-order valence-corrected chi connectivity index (χ0v) is 13.1. The summed E-state index contributed by atoms with van der Waals surface area (Å²) in [7, 11) is 1.47. The van der Waals surface area contributed by atoms with Crippen molar-refractivity contribution in [3.8, 4) is 5.75 Å². The topological polar surface area (TPSA) is 25.4 Å². The molecule has 1 fully saturated rings. The van der Waals surface area contributed by atoms with Crippen LogP contribution in [0.2, 0.25) is 0 Å². The van der Waals surface area contributed by atoms with Crippen LogP contribution in [-0.4, -0.2) is 23.5 Å². The summed E-state index contributed by atoms with van der Waals surface area (Å²) in [5, 5.41) is 0. The van der Waals surface area contributed by atoms with Crippen molar-refractivity contribution in [2.45, 2.75) is 31.8 Å². The van der Waals surface area contributed by atoms with E-state index in [0.29, 0.717) is 12.3 Å². The number of piperidine rings is 1. The molecule has 0 bridgehead atoms. The van der Waals surface area contributed by atoms with Gasteiger partial charge in [-0.2, -0.15) is 0 Å². The summed E-state index contributed by atoms with van der Waals surface area (Å²) in [4.78, 5) is 6.60. The average molecular weight is 318 g/mol. The highest BCUT2D eigenvalue weighted by Gasteiger charge is 2.27. The first kappa shape index (κ1) is 15.9. The molecule has 2 heterocycles. The summed E-state index contributed by atoms with van der Waals surface area (Å²) in [6.45, 7) is 1.15. The fourth-order valence-corrected chi connectivity index (χ4v) is 3.20. The zero-order chi connectivity index (χ0) is 16.2. The van der Waals surface area contributed by atoms with Crippen molar-refractivity contribution in [2.24, 2.45) is 0 Å². The predicted octanol–water partition coefficient (Wildman–Crippen LogP) is 4.10. The van der Waals surface area contributed by atoms with E-state index in [0.717, 1.165) is 37.6 Å². The van der Waals surface area contributed by atoms with E-state index in [1.807, 2.05) is 18.2 Å². The summed E-state index contributed by atoms with van der Waals surface area (Å²) in [5.74, 6) is -1.28. The number of ether oxygens (including phenoxy) is 1. The number of rotatable bonds is 4. The van der Waals surface area contributed by atoms with E-state index in [1.165, 1.54) is 13.2 Å². The van der Waals surface area contributed by atoms with Crippen molar-refractivity contribution in [1.29, 1.82) is 0 Å². The number of hydrogen-bond acceptors (Lipinski definition) is 3. The van der Waals surface area contributed by atoms with Gasteiger partial charge in [-0.3, -0.25) is 9.88 Å². The maximum atomic E-state index is 14.2. The normalized spacial score (nSPS) is 18.8.